The second kappa shape index (κ2) is 7.33. The fourth-order valence-electron chi connectivity index (χ4n) is 1.87. The number of hydrogen-bond acceptors (Lipinski definition) is 5. The molecule has 0 aromatic carbocycles. The Morgan fingerprint density at radius 3 is 2.67 bits per heavy atom. The highest BCUT2D eigenvalue weighted by molar-refractivity contribution is 9.10. The molecule has 0 bridgehead atoms. The van der Waals surface area contributed by atoms with Crippen molar-refractivity contribution in [3.05, 3.63) is 36.9 Å². The van der Waals surface area contributed by atoms with Gasteiger partial charge in [0.1, 0.15) is 5.01 Å². The summed E-state index contributed by atoms with van der Waals surface area (Å²) in [6.45, 7) is 8.08. The number of ether oxygens (including phenoxy) is 1. The molecule has 2 heterocycles. The number of thiazole rings is 1. The first-order valence-corrected chi connectivity index (χ1v) is 9.40. The van der Waals surface area contributed by atoms with E-state index in [0.29, 0.717) is 6.61 Å². The quantitative estimate of drug-likeness (QED) is 0.734. The van der Waals surface area contributed by atoms with Gasteiger partial charge in [0.15, 0.2) is 0 Å². The number of thiophene rings is 1. The standard InChI is InChI=1S/C15H21BrN2OS2/c1-15(2,3)11-9-21-14(18-11)12(17-6-7-19-4)13-10(16)5-8-20-13/h5,8-9,12,17H,6-7H2,1-4H3. The van der Waals surface area contributed by atoms with Crippen molar-refractivity contribution in [3.8, 4) is 0 Å². The highest BCUT2D eigenvalue weighted by Gasteiger charge is 2.24. The summed E-state index contributed by atoms with van der Waals surface area (Å²) in [4.78, 5) is 6.12. The molecule has 116 valence electrons. The molecule has 0 amide bonds. The number of nitrogens with zero attached hydrogens (tertiary/aromatic N) is 1. The van der Waals surface area contributed by atoms with Gasteiger partial charge in [-0.2, -0.15) is 0 Å². The maximum atomic E-state index is 5.15. The van der Waals surface area contributed by atoms with Crippen LogP contribution in [0, 0.1) is 0 Å². The van der Waals surface area contributed by atoms with Gasteiger partial charge in [-0.05, 0) is 27.4 Å². The molecule has 2 aromatic rings. The zero-order valence-electron chi connectivity index (χ0n) is 12.8. The van der Waals surface area contributed by atoms with Gasteiger partial charge in [-0.15, -0.1) is 22.7 Å². The third-order valence-corrected chi connectivity index (χ3v) is 5.94. The van der Waals surface area contributed by atoms with Gasteiger partial charge in [-0.3, -0.25) is 0 Å². The fraction of sp³-hybridized carbons (Fsp3) is 0.533. The lowest BCUT2D eigenvalue weighted by atomic mass is 9.93. The van der Waals surface area contributed by atoms with Crippen LogP contribution in [0.4, 0.5) is 0 Å². The SMILES string of the molecule is COCCNC(c1nc(C(C)(C)C)cs1)c1sccc1Br. The minimum absolute atomic E-state index is 0.0819. The average molecular weight is 389 g/mol. The molecular formula is C15H21BrN2OS2. The Hall–Kier alpha value is -0.270. The lowest BCUT2D eigenvalue weighted by Crippen LogP contribution is -2.25. The highest BCUT2D eigenvalue weighted by atomic mass is 79.9. The molecule has 3 nitrogen and oxygen atoms in total. The van der Waals surface area contributed by atoms with Gasteiger partial charge < -0.3 is 10.1 Å². The van der Waals surface area contributed by atoms with E-state index in [1.54, 1.807) is 29.8 Å². The average Bonchev–Trinajstić information content (AvgIpc) is 3.03. The van der Waals surface area contributed by atoms with E-state index in [2.05, 4.69) is 58.8 Å². The van der Waals surface area contributed by atoms with E-state index in [1.807, 2.05) is 0 Å². The molecule has 1 unspecified atom stereocenters. The van der Waals surface area contributed by atoms with Crippen molar-refractivity contribution in [2.45, 2.75) is 32.2 Å². The molecule has 2 aromatic heterocycles. The molecule has 0 saturated heterocycles. The summed E-state index contributed by atoms with van der Waals surface area (Å²) in [6, 6.07) is 2.21. The second-order valence-electron chi connectivity index (χ2n) is 5.83. The molecular weight excluding hydrogens is 368 g/mol. The maximum absolute atomic E-state index is 5.15. The van der Waals surface area contributed by atoms with Crippen molar-refractivity contribution in [2.75, 3.05) is 20.3 Å². The zero-order valence-corrected chi connectivity index (χ0v) is 16.0. The van der Waals surface area contributed by atoms with E-state index >= 15 is 0 Å². The lowest BCUT2D eigenvalue weighted by molar-refractivity contribution is 0.197. The van der Waals surface area contributed by atoms with Gasteiger partial charge in [0.25, 0.3) is 0 Å². The molecule has 1 N–H and O–H groups in total. The third-order valence-electron chi connectivity index (χ3n) is 3.10. The Balaban J connectivity index is 2.27. The van der Waals surface area contributed by atoms with Crippen LogP contribution in [0.1, 0.15) is 42.4 Å². The molecule has 6 heteroatoms. The van der Waals surface area contributed by atoms with Gasteiger partial charge in [0.2, 0.25) is 0 Å². The van der Waals surface area contributed by atoms with Gasteiger partial charge >= 0.3 is 0 Å². The van der Waals surface area contributed by atoms with E-state index in [0.717, 1.165) is 21.7 Å². The Labute approximate surface area is 142 Å². The molecule has 1 atom stereocenters. The lowest BCUT2D eigenvalue weighted by Gasteiger charge is -2.17. The van der Waals surface area contributed by atoms with Crippen LogP contribution in [0.2, 0.25) is 0 Å². The number of methoxy groups -OCH3 is 1. The van der Waals surface area contributed by atoms with Crippen molar-refractivity contribution in [1.82, 2.24) is 10.3 Å². The van der Waals surface area contributed by atoms with Crippen LogP contribution < -0.4 is 5.32 Å². The maximum Gasteiger partial charge on any atom is 0.115 e. The summed E-state index contributed by atoms with van der Waals surface area (Å²) in [7, 11) is 1.72. The summed E-state index contributed by atoms with van der Waals surface area (Å²) < 4.78 is 6.28. The number of rotatable bonds is 6. The summed E-state index contributed by atoms with van der Waals surface area (Å²) in [5.41, 5.74) is 1.23. The highest BCUT2D eigenvalue weighted by Crippen LogP contribution is 2.35. The van der Waals surface area contributed by atoms with Crippen LogP contribution in [0.3, 0.4) is 0 Å². The molecule has 0 aliphatic rings. The van der Waals surface area contributed by atoms with E-state index < -0.39 is 0 Å². The number of hydrogen-bond donors (Lipinski definition) is 1. The molecule has 0 fully saturated rings. The molecule has 0 spiro atoms. The number of aromatic nitrogens is 1. The second-order valence-corrected chi connectivity index (χ2v) is 8.53. The normalized spacial score (nSPS) is 13.6. The first-order valence-electron chi connectivity index (χ1n) is 6.84. The first kappa shape index (κ1) is 17.1. The minimum atomic E-state index is 0.0819. The van der Waals surface area contributed by atoms with Crippen LogP contribution in [-0.4, -0.2) is 25.2 Å². The minimum Gasteiger partial charge on any atom is -0.383 e. The van der Waals surface area contributed by atoms with Crippen LogP contribution in [0.15, 0.2) is 21.3 Å². The first-order chi connectivity index (χ1) is 9.93. The van der Waals surface area contributed by atoms with Crippen molar-refractivity contribution in [2.24, 2.45) is 0 Å². The van der Waals surface area contributed by atoms with Crippen LogP contribution in [0.5, 0.6) is 0 Å². The summed E-state index contributed by atoms with van der Waals surface area (Å²) in [5.74, 6) is 0. The van der Waals surface area contributed by atoms with Crippen molar-refractivity contribution in [1.29, 1.82) is 0 Å². The summed E-state index contributed by atoms with van der Waals surface area (Å²) in [5, 5.41) is 8.93. The van der Waals surface area contributed by atoms with Crippen LogP contribution >= 0.6 is 38.6 Å². The Morgan fingerprint density at radius 2 is 2.14 bits per heavy atom. The van der Waals surface area contributed by atoms with Gasteiger partial charge in [0.05, 0.1) is 18.3 Å². The molecule has 0 radical (unpaired) electrons. The van der Waals surface area contributed by atoms with E-state index in [4.69, 9.17) is 9.72 Å². The predicted molar refractivity (Wildman–Crippen MR) is 94.6 cm³/mol. The van der Waals surface area contributed by atoms with Gasteiger partial charge in [-0.1, -0.05) is 20.8 Å². The van der Waals surface area contributed by atoms with Crippen LogP contribution in [-0.2, 0) is 10.2 Å². The van der Waals surface area contributed by atoms with E-state index in [1.165, 1.54) is 4.88 Å². The van der Waals surface area contributed by atoms with Gasteiger partial charge in [0, 0.05) is 33.8 Å². The van der Waals surface area contributed by atoms with Crippen molar-refractivity contribution < 1.29 is 4.74 Å². The van der Waals surface area contributed by atoms with Crippen molar-refractivity contribution in [3.63, 3.8) is 0 Å². The molecule has 21 heavy (non-hydrogen) atoms. The molecule has 0 aliphatic heterocycles. The molecule has 2 rings (SSSR count). The molecule has 0 aliphatic carbocycles. The topological polar surface area (TPSA) is 34.1 Å². The Morgan fingerprint density at radius 1 is 1.38 bits per heavy atom. The smallest absolute Gasteiger partial charge is 0.115 e. The largest absolute Gasteiger partial charge is 0.383 e. The Bertz CT molecular complexity index is 574. The fourth-order valence-corrected chi connectivity index (χ4v) is 4.75. The van der Waals surface area contributed by atoms with Gasteiger partial charge in [-0.25, -0.2) is 4.98 Å². The monoisotopic (exact) mass is 388 g/mol. The number of halogens is 1. The van der Waals surface area contributed by atoms with Crippen LogP contribution in [0.25, 0.3) is 0 Å². The summed E-state index contributed by atoms with van der Waals surface area (Å²) in [6.07, 6.45) is 0. The molecule has 0 saturated carbocycles. The number of nitrogens with one attached hydrogen (secondary N) is 1. The van der Waals surface area contributed by atoms with Crippen molar-refractivity contribution >= 4 is 38.6 Å². The third kappa shape index (κ3) is 4.36. The zero-order chi connectivity index (χ0) is 15.5. The van der Waals surface area contributed by atoms with E-state index in [9.17, 15) is 0 Å². The predicted octanol–water partition coefficient (Wildman–Crippen LogP) is 4.59. The van der Waals surface area contributed by atoms with E-state index in [-0.39, 0.29) is 11.5 Å². The summed E-state index contributed by atoms with van der Waals surface area (Å²) >= 11 is 7.10. The Kier molecular flexibility index (Phi) is 5.96.